The Morgan fingerprint density at radius 2 is 2.16 bits per heavy atom. The number of nitrogens with one attached hydrogen (secondary N) is 1. The van der Waals surface area contributed by atoms with E-state index in [-0.39, 0.29) is 11.5 Å². The molecule has 1 amide bonds. The Morgan fingerprint density at radius 3 is 2.88 bits per heavy atom. The van der Waals surface area contributed by atoms with Crippen LogP contribution >= 0.6 is 0 Å². The van der Waals surface area contributed by atoms with Crippen LogP contribution in [0.5, 0.6) is 5.75 Å². The molecule has 0 aliphatic heterocycles. The van der Waals surface area contributed by atoms with Crippen LogP contribution in [-0.4, -0.2) is 28.1 Å². The zero-order valence-corrected chi connectivity index (χ0v) is 13.6. The zero-order chi connectivity index (χ0) is 17.8. The Morgan fingerprint density at radius 1 is 1.32 bits per heavy atom. The third kappa shape index (κ3) is 3.79. The van der Waals surface area contributed by atoms with Gasteiger partial charge in [-0.2, -0.15) is 9.37 Å². The fourth-order valence-electron chi connectivity index (χ4n) is 2.14. The van der Waals surface area contributed by atoms with Crippen molar-refractivity contribution in [2.45, 2.75) is 13.0 Å². The molecule has 0 radical (unpaired) electrons. The average Bonchev–Trinajstić information content (AvgIpc) is 3.12. The molecule has 1 atom stereocenters. The smallest absolute Gasteiger partial charge is 0.253 e. The fraction of sp³-hybridized carbons (Fsp3) is 0.176. The van der Waals surface area contributed by atoms with E-state index in [9.17, 15) is 9.18 Å². The number of benzene rings is 1. The number of carbonyl (C=O) groups excluding carboxylic acids is 1. The summed E-state index contributed by atoms with van der Waals surface area (Å²) in [5.74, 6) is 0.249. The van der Waals surface area contributed by atoms with Gasteiger partial charge in [-0.3, -0.25) is 4.79 Å². The SMILES string of the molecule is COc1cccc(-c2noc(C(C)NC(=O)c3ccc(F)nc3)n2)c1. The summed E-state index contributed by atoms with van der Waals surface area (Å²) in [4.78, 5) is 19.9. The topological polar surface area (TPSA) is 90.1 Å². The van der Waals surface area contributed by atoms with Crippen molar-refractivity contribution in [2.75, 3.05) is 7.11 Å². The second kappa shape index (κ2) is 7.08. The Bertz CT molecular complexity index is 880. The van der Waals surface area contributed by atoms with E-state index in [0.29, 0.717) is 11.6 Å². The number of ether oxygens (including phenoxy) is 1. The van der Waals surface area contributed by atoms with Gasteiger partial charge in [-0.15, -0.1) is 0 Å². The number of methoxy groups -OCH3 is 1. The maximum atomic E-state index is 12.8. The van der Waals surface area contributed by atoms with E-state index < -0.39 is 17.9 Å². The fourth-order valence-corrected chi connectivity index (χ4v) is 2.14. The standard InChI is InChI=1S/C17H15FN4O3/c1-10(20-16(23)12-6-7-14(18)19-9-12)17-21-15(22-25-17)11-4-3-5-13(8-11)24-2/h3-10H,1-2H3,(H,20,23). The lowest BCUT2D eigenvalue weighted by Crippen LogP contribution is -2.27. The van der Waals surface area contributed by atoms with E-state index in [0.717, 1.165) is 17.8 Å². The van der Waals surface area contributed by atoms with Gasteiger partial charge in [0.1, 0.15) is 11.8 Å². The van der Waals surface area contributed by atoms with Gasteiger partial charge in [0.15, 0.2) is 0 Å². The Hall–Kier alpha value is -3.29. The summed E-state index contributed by atoms with van der Waals surface area (Å²) in [6, 6.07) is 9.17. The molecule has 0 saturated carbocycles. The average molecular weight is 342 g/mol. The van der Waals surface area contributed by atoms with Crippen molar-refractivity contribution < 1.29 is 18.4 Å². The molecule has 0 spiro atoms. The van der Waals surface area contributed by atoms with Gasteiger partial charge in [-0.25, -0.2) is 4.98 Å². The number of nitrogens with zero attached hydrogens (tertiary/aromatic N) is 3. The van der Waals surface area contributed by atoms with Gasteiger partial charge in [0.2, 0.25) is 17.7 Å². The van der Waals surface area contributed by atoms with E-state index >= 15 is 0 Å². The predicted octanol–water partition coefficient (Wildman–Crippen LogP) is 2.77. The van der Waals surface area contributed by atoms with Crippen molar-refractivity contribution in [2.24, 2.45) is 0 Å². The van der Waals surface area contributed by atoms with Crippen molar-refractivity contribution in [1.29, 1.82) is 0 Å². The highest BCUT2D eigenvalue weighted by Gasteiger charge is 2.18. The van der Waals surface area contributed by atoms with Crippen LogP contribution in [0.25, 0.3) is 11.4 Å². The van der Waals surface area contributed by atoms with E-state index in [1.165, 1.54) is 6.07 Å². The molecular formula is C17H15FN4O3. The number of hydrogen-bond donors (Lipinski definition) is 1. The minimum absolute atomic E-state index is 0.237. The molecule has 1 aromatic carbocycles. The zero-order valence-electron chi connectivity index (χ0n) is 13.6. The molecule has 0 bridgehead atoms. The lowest BCUT2D eigenvalue weighted by molar-refractivity contribution is 0.0932. The van der Waals surface area contributed by atoms with E-state index in [4.69, 9.17) is 9.26 Å². The predicted molar refractivity (Wildman–Crippen MR) is 86.4 cm³/mol. The molecule has 0 aliphatic rings. The molecule has 25 heavy (non-hydrogen) atoms. The largest absolute Gasteiger partial charge is 0.497 e. The van der Waals surface area contributed by atoms with Crippen LogP contribution in [-0.2, 0) is 0 Å². The van der Waals surface area contributed by atoms with Crippen molar-refractivity contribution in [3.8, 4) is 17.1 Å². The van der Waals surface area contributed by atoms with Gasteiger partial charge in [0.25, 0.3) is 5.91 Å². The number of amides is 1. The van der Waals surface area contributed by atoms with Gasteiger partial charge in [-0.05, 0) is 31.2 Å². The second-order valence-corrected chi connectivity index (χ2v) is 5.25. The van der Waals surface area contributed by atoms with Crippen LogP contribution in [0.2, 0.25) is 0 Å². The molecule has 0 saturated heterocycles. The lowest BCUT2D eigenvalue weighted by atomic mass is 10.2. The third-order valence-corrected chi connectivity index (χ3v) is 3.48. The van der Waals surface area contributed by atoms with Gasteiger partial charge in [0, 0.05) is 11.8 Å². The first-order chi connectivity index (χ1) is 12.1. The maximum Gasteiger partial charge on any atom is 0.253 e. The summed E-state index contributed by atoms with van der Waals surface area (Å²) in [5, 5.41) is 6.62. The van der Waals surface area contributed by atoms with Crippen LogP contribution in [0, 0.1) is 5.95 Å². The van der Waals surface area contributed by atoms with Crippen LogP contribution in [0.3, 0.4) is 0 Å². The Kier molecular flexibility index (Phi) is 4.69. The van der Waals surface area contributed by atoms with Crippen molar-refractivity contribution >= 4 is 5.91 Å². The van der Waals surface area contributed by atoms with Gasteiger partial charge in [0.05, 0.1) is 12.7 Å². The maximum absolute atomic E-state index is 12.8. The molecular weight excluding hydrogens is 327 g/mol. The van der Waals surface area contributed by atoms with Gasteiger partial charge in [-0.1, -0.05) is 17.3 Å². The third-order valence-electron chi connectivity index (χ3n) is 3.48. The van der Waals surface area contributed by atoms with Crippen molar-refractivity contribution in [3.05, 3.63) is 60.0 Å². The van der Waals surface area contributed by atoms with E-state index in [1.807, 2.05) is 18.2 Å². The minimum Gasteiger partial charge on any atom is -0.497 e. The monoisotopic (exact) mass is 342 g/mol. The van der Waals surface area contributed by atoms with Gasteiger partial charge < -0.3 is 14.6 Å². The van der Waals surface area contributed by atoms with E-state index in [1.54, 1.807) is 20.1 Å². The van der Waals surface area contributed by atoms with E-state index in [2.05, 4.69) is 20.4 Å². The summed E-state index contributed by atoms with van der Waals surface area (Å²) < 4.78 is 23.2. The lowest BCUT2D eigenvalue weighted by Gasteiger charge is -2.09. The second-order valence-electron chi connectivity index (χ2n) is 5.25. The molecule has 8 heteroatoms. The molecule has 128 valence electrons. The Balaban J connectivity index is 1.72. The molecule has 0 aliphatic carbocycles. The number of aromatic nitrogens is 3. The molecule has 0 fully saturated rings. The molecule has 7 nitrogen and oxygen atoms in total. The molecule has 3 aromatic rings. The van der Waals surface area contributed by atoms with Crippen molar-refractivity contribution in [3.63, 3.8) is 0 Å². The molecule has 2 aromatic heterocycles. The van der Waals surface area contributed by atoms with Crippen LogP contribution in [0.1, 0.15) is 29.2 Å². The highest BCUT2D eigenvalue weighted by Crippen LogP contribution is 2.22. The summed E-state index contributed by atoms with van der Waals surface area (Å²) in [6.07, 6.45) is 1.16. The highest BCUT2D eigenvalue weighted by molar-refractivity contribution is 5.94. The summed E-state index contributed by atoms with van der Waals surface area (Å²) in [5.41, 5.74) is 0.969. The first kappa shape index (κ1) is 16.6. The minimum atomic E-state index is -0.649. The van der Waals surface area contributed by atoms with Gasteiger partial charge >= 0.3 is 0 Å². The highest BCUT2D eigenvalue weighted by atomic mass is 19.1. The molecule has 1 unspecified atom stereocenters. The van der Waals surface area contributed by atoms with Crippen LogP contribution < -0.4 is 10.1 Å². The van der Waals surface area contributed by atoms with Crippen LogP contribution in [0.4, 0.5) is 4.39 Å². The summed E-state index contributed by atoms with van der Waals surface area (Å²) in [7, 11) is 1.57. The first-order valence-electron chi connectivity index (χ1n) is 7.47. The number of halogens is 1. The number of hydrogen-bond acceptors (Lipinski definition) is 6. The normalized spacial score (nSPS) is 11.8. The molecule has 1 N–H and O–H groups in total. The quantitative estimate of drug-likeness (QED) is 0.717. The number of carbonyl (C=O) groups is 1. The van der Waals surface area contributed by atoms with Crippen LogP contribution in [0.15, 0.2) is 47.1 Å². The first-order valence-corrected chi connectivity index (χ1v) is 7.47. The molecule has 3 rings (SSSR count). The summed E-state index contributed by atoms with van der Waals surface area (Å²) in [6.45, 7) is 1.71. The molecule has 2 heterocycles. The number of rotatable bonds is 5. The van der Waals surface area contributed by atoms with Crippen molar-refractivity contribution in [1.82, 2.24) is 20.4 Å². The summed E-state index contributed by atoms with van der Waals surface area (Å²) >= 11 is 0. The number of pyridine rings is 1. The Labute approximate surface area is 142 Å².